The first-order valence-electron chi connectivity index (χ1n) is 9.51. The maximum absolute atomic E-state index is 12.9. The fourth-order valence-corrected chi connectivity index (χ4v) is 5.06. The van der Waals surface area contributed by atoms with Crippen molar-refractivity contribution in [1.29, 1.82) is 0 Å². The van der Waals surface area contributed by atoms with Crippen LogP contribution in [0.2, 0.25) is 0 Å². The van der Waals surface area contributed by atoms with Crippen molar-refractivity contribution in [3.63, 3.8) is 0 Å². The normalized spacial score (nSPS) is 16.2. The molecule has 0 aliphatic carbocycles. The number of aryl methyl sites for hydroxylation is 2. The minimum Gasteiger partial charge on any atom is -0.497 e. The molecular formula is C19H23N5O5S. The van der Waals surface area contributed by atoms with Crippen LogP contribution in [-0.2, 0) is 16.7 Å². The van der Waals surface area contributed by atoms with Gasteiger partial charge in [-0.05, 0) is 38.1 Å². The van der Waals surface area contributed by atoms with Crippen molar-refractivity contribution in [3.8, 4) is 5.75 Å². The number of piperazine rings is 1. The quantitative estimate of drug-likeness (QED) is 0.585. The van der Waals surface area contributed by atoms with Gasteiger partial charge in [0.25, 0.3) is 5.56 Å². The fraction of sp³-hybridized carbons (Fsp3) is 0.421. The Kier molecular flexibility index (Phi) is 5.35. The van der Waals surface area contributed by atoms with E-state index >= 15 is 0 Å². The van der Waals surface area contributed by atoms with E-state index in [1.165, 1.54) is 16.1 Å². The van der Waals surface area contributed by atoms with Gasteiger partial charge in [0.15, 0.2) is 5.52 Å². The van der Waals surface area contributed by atoms with Gasteiger partial charge in [0.2, 0.25) is 10.0 Å². The summed E-state index contributed by atoms with van der Waals surface area (Å²) >= 11 is 0. The zero-order valence-electron chi connectivity index (χ0n) is 17.0. The van der Waals surface area contributed by atoms with Gasteiger partial charge in [0.1, 0.15) is 11.5 Å². The van der Waals surface area contributed by atoms with Crippen LogP contribution in [0.5, 0.6) is 5.75 Å². The molecule has 0 unspecified atom stereocenters. The summed E-state index contributed by atoms with van der Waals surface area (Å²) in [6.07, 6.45) is 0. The van der Waals surface area contributed by atoms with E-state index in [2.05, 4.69) is 10.3 Å². The number of hydrogen-bond donors (Lipinski definition) is 0. The monoisotopic (exact) mass is 433 g/mol. The molecule has 11 heteroatoms. The molecule has 1 fully saturated rings. The zero-order chi connectivity index (χ0) is 21.5. The van der Waals surface area contributed by atoms with Crippen molar-refractivity contribution >= 4 is 20.9 Å². The van der Waals surface area contributed by atoms with E-state index in [0.29, 0.717) is 48.8 Å². The lowest BCUT2D eigenvalue weighted by molar-refractivity contribution is 0.143. The lowest BCUT2D eigenvalue weighted by Crippen LogP contribution is -2.49. The van der Waals surface area contributed by atoms with Gasteiger partial charge >= 0.3 is 0 Å². The Morgan fingerprint density at radius 3 is 2.40 bits per heavy atom. The van der Waals surface area contributed by atoms with Crippen LogP contribution >= 0.6 is 0 Å². The molecule has 1 aliphatic heterocycles. The number of nitrogens with zero attached hydrogens (tertiary/aromatic N) is 5. The Labute approximate surface area is 173 Å². The van der Waals surface area contributed by atoms with Crippen LogP contribution in [0.1, 0.15) is 11.5 Å². The van der Waals surface area contributed by atoms with Crippen molar-refractivity contribution in [2.24, 2.45) is 0 Å². The number of fused-ring (bicyclic) bond motifs is 1. The van der Waals surface area contributed by atoms with Gasteiger partial charge in [0.05, 0.1) is 29.8 Å². The predicted octanol–water partition coefficient (Wildman–Crippen LogP) is 0.974. The molecule has 1 aliphatic rings. The molecule has 1 saturated heterocycles. The molecule has 0 amide bonds. The van der Waals surface area contributed by atoms with Gasteiger partial charge in [-0.2, -0.15) is 9.40 Å². The minimum atomic E-state index is -3.58. The molecule has 3 heterocycles. The topological polar surface area (TPSA) is 111 Å². The smallest absolute Gasteiger partial charge is 0.298 e. The molecule has 0 N–H and O–H groups in total. The van der Waals surface area contributed by atoms with Gasteiger partial charge in [0, 0.05) is 26.2 Å². The molecule has 0 bridgehead atoms. The number of ether oxygens (including phenoxy) is 1. The van der Waals surface area contributed by atoms with E-state index < -0.39 is 10.0 Å². The predicted molar refractivity (Wildman–Crippen MR) is 109 cm³/mol. The number of benzene rings is 1. The maximum Gasteiger partial charge on any atom is 0.298 e. The molecule has 4 rings (SSSR count). The second kappa shape index (κ2) is 7.82. The Balaban J connectivity index is 1.47. The summed E-state index contributed by atoms with van der Waals surface area (Å²) in [7, 11) is -2.05. The lowest BCUT2D eigenvalue weighted by atomic mass is 10.2. The van der Waals surface area contributed by atoms with E-state index in [9.17, 15) is 13.2 Å². The summed E-state index contributed by atoms with van der Waals surface area (Å²) < 4.78 is 38.8. The lowest BCUT2D eigenvalue weighted by Gasteiger charge is -2.33. The van der Waals surface area contributed by atoms with Gasteiger partial charge < -0.3 is 9.26 Å². The number of rotatable bonds is 5. The standard InChI is InChI=1S/C19H23N5O5S/c1-13-17-14(2)29-21-18(17)19(25)24(20-13)12-22-8-10-23(11-9-22)30(26,27)16-6-4-15(28-3)5-7-16/h4-7H,8-12H2,1-3H3. The second-order valence-electron chi connectivity index (χ2n) is 7.19. The van der Waals surface area contributed by atoms with E-state index in [1.54, 1.807) is 31.2 Å². The molecule has 0 radical (unpaired) electrons. The Morgan fingerprint density at radius 2 is 1.77 bits per heavy atom. The molecule has 3 aromatic rings. The summed E-state index contributed by atoms with van der Waals surface area (Å²) in [5.41, 5.74) is 0.616. The highest BCUT2D eigenvalue weighted by Crippen LogP contribution is 2.21. The average Bonchev–Trinajstić information content (AvgIpc) is 3.14. The Bertz CT molecular complexity index is 1220. The van der Waals surface area contributed by atoms with Crippen molar-refractivity contribution < 1.29 is 17.7 Å². The van der Waals surface area contributed by atoms with Gasteiger partial charge in [-0.25, -0.2) is 13.1 Å². The molecule has 0 spiro atoms. The first-order valence-corrected chi connectivity index (χ1v) is 11.0. The maximum atomic E-state index is 12.9. The Morgan fingerprint density at radius 1 is 1.10 bits per heavy atom. The van der Waals surface area contributed by atoms with Crippen LogP contribution in [0.15, 0.2) is 38.5 Å². The van der Waals surface area contributed by atoms with E-state index in [0.717, 1.165) is 0 Å². The van der Waals surface area contributed by atoms with Crippen LogP contribution in [-0.4, -0.2) is 65.8 Å². The summed E-state index contributed by atoms with van der Waals surface area (Å²) in [5, 5.41) is 8.88. The highest BCUT2D eigenvalue weighted by molar-refractivity contribution is 7.89. The molecule has 0 atom stereocenters. The molecule has 160 valence electrons. The number of hydrogen-bond acceptors (Lipinski definition) is 8. The third-order valence-electron chi connectivity index (χ3n) is 5.29. The van der Waals surface area contributed by atoms with Crippen molar-refractivity contribution in [3.05, 3.63) is 46.1 Å². The summed E-state index contributed by atoms with van der Waals surface area (Å²) in [6.45, 7) is 5.44. The molecule has 1 aromatic carbocycles. The SMILES string of the molecule is COc1ccc(S(=O)(=O)N2CCN(Cn3nc(C)c4c(C)onc4c3=O)CC2)cc1. The number of methoxy groups -OCH3 is 1. The third kappa shape index (κ3) is 3.59. The average molecular weight is 433 g/mol. The van der Waals surface area contributed by atoms with E-state index in [-0.39, 0.29) is 22.6 Å². The first-order chi connectivity index (χ1) is 14.3. The molecule has 0 saturated carbocycles. The third-order valence-corrected chi connectivity index (χ3v) is 7.21. The van der Waals surface area contributed by atoms with Crippen LogP contribution in [0.4, 0.5) is 0 Å². The molecule has 2 aromatic heterocycles. The highest BCUT2D eigenvalue weighted by Gasteiger charge is 2.29. The van der Waals surface area contributed by atoms with Crippen molar-refractivity contribution in [1.82, 2.24) is 24.1 Å². The van der Waals surface area contributed by atoms with Crippen LogP contribution < -0.4 is 10.3 Å². The van der Waals surface area contributed by atoms with Gasteiger partial charge in [-0.1, -0.05) is 5.16 Å². The zero-order valence-corrected chi connectivity index (χ0v) is 17.8. The molecule has 30 heavy (non-hydrogen) atoms. The van der Waals surface area contributed by atoms with Gasteiger partial charge in [-0.3, -0.25) is 9.69 Å². The molecule has 10 nitrogen and oxygen atoms in total. The largest absolute Gasteiger partial charge is 0.497 e. The molecular weight excluding hydrogens is 410 g/mol. The van der Waals surface area contributed by atoms with Crippen LogP contribution in [0.25, 0.3) is 10.9 Å². The minimum absolute atomic E-state index is 0.233. The first kappa shape index (κ1) is 20.5. The van der Waals surface area contributed by atoms with Gasteiger partial charge in [-0.15, -0.1) is 0 Å². The second-order valence-corrected chi connectivity index (χ2v) is 9.13. The number of sulfonamides is 1. The van der Waals surface area contributed by atoms with Crippen LogP contribution in [0, 0.1) is 13.8 Å². The summed E-state index contributed by atoms with van der Waals surface area (Å²) in [4.78, 5) is 14.9. The number of aromatic nitrogens is 3. The van der Waals surface area contributed by atoms with Crippen LogP contribution in [0.3, 0.4) is 0 Å². The summed E-state index contributed by atoms with van der Waals surface area (Å²) in [6, 6.07) is 6.35. The van der Waals surface area contributed by atoms with E-state index in [1.807, 2.05) is 11.8 Å². The Hall–Kier alpha value is -2.76. The van der Waals surface area contributed by atoms with Crippen molar-refractivity contribution in [2.75, 3.05) is 33.3 Å². The highest BCUT2D eigenvalue weighted by atomic mass is 32.2. The van der Waals surface area contributed by atoms with Crippen molar-refractivity contribution in [2.45, 2.75) is 25.4 Å². The fourth-order valence-electron chi connectivity index (χ4n) is 3.64. The summed E-state index contributed by atoms with van der Waals surface area (Å²) in [5.74, 6) is 1.17. The van der Waals surface area contributed by atoms with E-state index in [4.69, 9.17) is 9.26 Å².